The number of halogens is 4. The van der Waals surface area contributed by atoms with Gasteiger partial charge in [0.15, 0.2) is 0 Å². The van der Waals surface area contributed by atoms with Gasteiger partial charge in [0, 0.05) is 5.56 Å². The number of nitrogens with zero attached hydrogens (tertiary/aromatic N) is 2. The highest BCUT2D eigenvalue weighted by molar-refractivity contribution is 5.51. The molecule has 17 heavy (non-hydrogen) atoms. The second-order valence-corrected chi connectivity index (χ2v) is 2.98. The summed E-state index contributed by atoms with van der Waals surface area (Å²) in [6.45, 7) is -0.0754. The second-order valence-electron chi connectivity index (χ2n) is 2.98. The number of nitro groups is 1. The van der Waals surface area contributed by atoms with Gasteiger partial charge in [-0.25, -0.2) is 4.39 Å². The summed E-state index contributed by atoms with van der Waals surface area (Å²) in [6, 6.07) is 0. The van der Waals surface area contributed by atoms with Crippen molar-refractivity contribution in [3.63, 3.8) is 0 Å². The first-order valence-electron chi connectivity index (χ1n) is 4.21. The smallest absolute Gasteiger partial charge is 0.398 e. The number of aromatic nitrogens is 1. The fourth-order valence-electron chi connectivity index (χ4n) is 1.13. The van der Waals surface area contributed by atoms with Gasteiger partial charge in [-0.2, -0.15) is 0 Å². The largest absolute Gasteiger partial charge is 0.573 e. The van der Waals surface area contributed by atoms with Gasteiger partial charge >= 0.3 is 12.0 Å². The van der Waals surface area contributed by atoms with Gasteiger partial charge in [0.05, 0.1) is 10.6 Å². The summed E-state index contributed by atoms with van der Waals surface area (Å²) >= 11 is 0. The fourth-order valence-corrected chi connectivity index (χ4v) is 1.13. The molecule has 0 aliphatic rings. The molecule has 5 nitrogen and oxygen atoms in total. The van der Waals surface area contributed by atoms with Gasteiger partial charge < -0.3 is 4.74 Å². The number of pyridine rings is 1. The Hall–Kier alpha value is -1.93. The van der Waals surface area contributed by atoms with Gasteiger partial charge in [-0.15, -0.1) is 13.2 Å². The lowest BCUT2D eigenvalue weighted by Crippen LogP contribution is -2.19. The van der Waals surface area contributed by atoms with Crippen LogP contribution in [0.15, 0.2) is 6.20 Å². The Morgan fingerprint density at radius 2 is 2.12 bits per heavy atom. The molecule has 1 heterocycles. The van der Waals surface area contributed by atoms with E-state index in [-0.39, 0.29) is 11.3 Å². The van der Waals surface area contributed by atoms with E-state index < -0.39 is 29.4 Å². The van der Waals surface area contributed by atoms with Crippen LogP contribution in [0.2, 0.25) is 0 Å². The molecule has 0 atom stereocenters. The number of ether oxygens (including phenoxy) is 1. The van der Waals surface area contributed by atoms with E-state index in [1.165, 1.54) is 0 Å². The molecule has 0 fully saturated rings. The predicted molar refractivity (Wildman–Crippen MR) is 47.1 cm³/mol. The third-order valence-electron chi connectivity index (χ3n) is 1.89. The van der Waals surface area contributed by atoms with Crippen LogP contribution < -0.4 is 4.74 Å². The van der Waals surface area contributed by atoms with E-state index >= 15 is 0 Å². The van der Waals surface area contributed by atoms with Gasteiger partial charge in [-0.1, -0.05) is 0 Å². The van der Waals surface area contributed by atoms with Crippen molar-refractivity contribution in [1.82, 2.24) is 4.98 Å². The Morgan fingerprint density at radius 1 is 1.53 bits per heavy atom. The lowest BCUT2D eigenvalue weighted by molar-refractivity contribution is -0.389. The van der Waals surface area contributed by atoms with Crippen LogP contribution in [0.5, 0.6) is 5.75 Å². The third kappa shape index (κ3) is 3.02. The summed E-state index contributed by atoms with van der Waals surface area (Å²) in [6.07, 6.45) is -4.56. The maximum absolute atomic E-state index is 12.4. The highest BCUT2D eigenvalue weighted by Crippen LogP contribution is 2.35. The van der Waals surface area contributed by atoms with Gasteiger partial charge in [0.2, 0.25) is 5.75 Å². The first-order valence-corrected chi connectivity index (χ1v) is 4.21. The lowest BCUT2D eigenvalue weighted by Gasteiger charge is -2.12. The Balaban J connectivity index is 3.35. The first-order chi connectivity index (χ1) is 7.76. The molecule has 0 radical (unpaired) electrons. The highest BCUT2D eigenvalue weighted by Gasteiger charge is 2.36. The van der Waals surface area contributed by atoms with Crippen molar-refractivity contribution < 1.29 is 27.2 Å². The van der Waals surface area contributed by atoms with E-state index in [2.05, 4.69) is 9.72 Å². The third-order valence-corrected chi connectivity index (χ3v) is 1.89. The molecule has 0 aliphatic carbocycles. The summed E-state index contributed by atoms with van der Waals surface area (Å²) in [5.41, 5.74) is -1.65. The molecular weight excluding hydrogens is 248 g/mol. The number of hydrogen-bond acceptors (Lipinski definition) is 4. The van der Waals surface area contributed by atoms with Crippen LogP contribution in [0, 0.1) is 17.0 Å². The Bertz CT molecular complexity index is 447. The van der Waals surface area contributed by atoms with E-state index in [0.29, 0.717) is 6.20 Å². The van der Waals surface area contributed by atoms with E-state index in [4.69, 9.17) is 0 Å². The average molecular weight is 254 g/mol. The van der Waals surface area contributed by atoms with Gasteiger partial charge in [-0.05, 0) is 6.92 Å². The molecule has 0 saturated heterocycles. The predicted octanol–water partition coefficient (Wildman–Crippen LogP) is 2.67. The van der Waals surface area contributed by atoms with Crippen molar-refractivity contribution >= 4 is 5.69 Å². The van der Waals surface area contributed by atoms with Gasteiger partial charge in [0.25, 0.3) is 0 Å². The molecule has 0 bridgehead atoms. The minimum atomic E-state index is -5.09. The van der Waals surface area contributed by atoms with Gasteiger partial charge in [0.1, 0.15) is 12.9 Å². The molecule has 0 aliphatic heterocycles. The average Bonchev–Trinajstić information content (AvgIpc) is 2.18. The first kappa shape index (κ1) is 13.1. The van der Waals surface area contributed by atoms with E-state index in [1.807, 2.05) is 0 Å². The number of hydrogen-bond donors (Lipinski definition) is 0. The Kier molecular flexibility index (Phi) is 3.49. The van der Waals surface area contributed by atoms with Crippen LogP contribution in [0.1, 0.15) is 11.3 Å². The van der Waals surface area contributed by atoms with Crippen LogP contribution in [-0.2, 0) is 6.67 Å². The van der Waals surface area contributed by atoms with E-state index in [9.17, 15) is 27.7 Å². The quantitative estimate of drug-likeness (QED) is 0.472. The molecule has 0 saturated carbocycles. The van der Waals surface area contributed by atoms with Crippen LogP contribution in [0.25, 0.3) is 0 Å². The lowest BCUT2D eigenvalue weighted by atomic mass is 10.2. The Labute approximate surface area is 92.2 Å². The summed E-state index contributed by atoms with van der Waals surface area (Å²) in [5.74, 6) is -1.04. The molecule has 1 rings (SSSR count). The topological polar surface area (TPSA) is 65.3 Å². The zero-order valence-corrected chi connectivity index (χ0v) is 8.42. The molecule has 0 N–H and O–H groups in total. The minimum Gasteiger partial charge on any atom is -0.398 e. The van der Waals surface area contributed by atoms with E-state index in [1.54, 1.807) is 0 Å². The zero-order chi connectivity index (χ0) is 13.2. The number of rotatable bonds is 3. The summed E-state index contributed by atoms with van der Waals surface area (Å²) in [4.78, 5) is 12.7. The normalized spacial score (nSPS) is 11.4. The van der Waals surface area contributed by atoms with Crippen LogP contribution in [0.3, 0.4) is 0 Å². The molecular formula is C8H6F4N2O3. The fraction of sp³-hybridized carbons (Fsp3) is 0.375. The Morgan fingerprint density at radius 3 is 2.53 bits per heavy atom. The van der Waals surface area contributed by atoms with Crippen LogP contribution in [0.4, 0.5) is 23.2 Å². The van der Waals surface area contributed by atoms with Crippen molar-refractivity contribution in [2.24, 2.45) is 0 Å². The molecule has 94 valence electrons. The highest BCUT2D eigenvalue weighted by atomic mass is 19.4. The zero-order valence-electron chi connectivity index (χ0n) is 8.42. The molecule has 1 aromatic rings. The van der Waals surface area contributed by atoms with Crippen molar-refractivity contribution in [2.45, 2.75) is 20.0 Å². The second kappa shape index (κ2) is 4.52. The molecule has 0 spiro atoms. The molecule has 9 heteroatoms. The van der Waals surface area contributed by atoms with Crippen molar-refractivity contribution in [2.75, 3.05) is 0 Å². The number of alkyl halides is 4. The summed E-state index contributed by atoms with van der Waals surface area (Å²) in [5, 5.41) is 10.5. The van der Waals surface area contributed by atoms with E-state index in [0.717, 1.165) is 6.92 Å². The van der Waals surface area contributed by atoms with Crippen molar-refractivity contribution in [1.29, 1.82) is 0 Å². The maximum Gasteiger partial charge on any atom is 0.573 e. The van der Waals surface area contributed by atoms with Crippen LogP contribution >= 0.6 is 0 Å². The van der Waals surface area contributed by atoms with Crippen molar-refractivity contribution in [3.05, 3.63) is 27.6 Å². The van der Waals surface area contributed by atoms with Crippen LogP contribution in [-0.4, -0.2) is 16.3 Å². The standard InChI is InChI=1S/C8H6F4N2O3/c1-4-5(2-9)13-3-6(14(15)16)7(4)17-8(10,11)12/h3H,2H2,1H3. The minimum absolute atomic E-state index is 0.338. The SMILES string of the molecule is Cc1c(CF)ncc([N+](=O)[O-])c1OC(F)(F)F. The summed E-state index contributed by atoms with van der Waals surface area (Å²) < 4.78 is 52.0. The molecule has 1 aromatic heterocycles. The maximum atomic E-state index is 12.4. The molecule has 0 aromatic carbocycles. The van der Waals surface area contributed by atoms with Crippen molar-refractivity contribution in [3.8, 4) is 5.75 Å². The van der Waals surface area contributed by atoms with Gasteiger partial charge in [-0.3, -0.25) is 15.1 Å². The monoisotopic (exact) mass is 254 g/mol. The molecule has 0 amide bonds. The molecule has 0 unspecified atom stereocenters. The summed E-state index contributed by atoms with van der Waals surface area (Å²) in [7, 11) is 0.